The molecule has 2 aromatic carbocycles. The van der Waals surface area contributed by atoms with Gasteiger partial charge < -0.3 is 0 Å². The Labute approximate surface area is 177 Å². The highest BCUT2D eigenvalue weighted by atomic mass is 19.4. The monoisotopic (exact) mass is 422 g/mol. The summed E-state index contributed by atoms with van der Waals surface area (Å²) in [6, 6.07) is 20.3. The molecule has 0 fully saturated rings. The Kier molecular flexibility index (Phi) is 5.80. The van der Waals surface area contributed by atoms with Crippen LogP contribution in [-0.2, 0) is 12.6 Å². The number of halogens is 4. The van der Waals surface area contributed by atoms with E-state index in [1.54, 1.807) is 24.5 Å². The van der Waals surface area contributed by atoms with Crippen molar-refractivity contribution in [2.24, 2.45) is 0 Å². The van der Waals surface area contributed by atoms with Crippen LogP contribution in [0.4, 0.5) is 17.6 Å². The molecule has 2 heterocycles. The molecule has 0 unspecified atom stereocenters. The van der Waals surface area contributed by atoms with Gasteiger partial charge in [0.1, 0.15) is 5.82 Å². The molecule has 0 radical (unpaired) electrons. The molecule has 0 saturated carbocycles. The first-order valence-corrected chi connectivity index (χ1v) is 9.70. The van der Waals surface area contributed by atoms with Gasteiger partial charge in [-0.3, -0.25) is 9.97 Å². The predicted molar refractivity (Wildman–Crippen MR) is 111 cm³/mol. The summed E-state index contributed by atoms with van der Waals surface area (Å²) >= 11 is 0. The van der Waals surface area contributed by atoms with Crippen molar-refractivity contribution in [2.45, 2.75) is 18.5 Å². The zero-order valence-electron chi connectivity index (χ0n) is 16.4. The fourth-order valence-electron chi connectivity index (χ4n) is 3.60. The first-order chi connectivity index (χ1) is 14.9. The fraction of sp³-hybridized carbons (Fsp3) is 0.120. The summed E-state index contributed by atoms with van der Waals surface area (Å²) in [5, 5.41) is 0. The van der Waals surface area contributed by atoms with Gasteiger partial charge in [-0.2, -0.15) is 13.2 Å². The van der Waals surface area contributed by atoms with Gasteiger partial charge in [-0.25, -0.2) is 4.39 Å². The van der Waals surface area contributed by atoms with E-state index in [1.165, 1.54) is 18.2 Å². The maximum atomic E-state index is 14.1. The third kappa shape index (κ3) is 4.79. The number of aromatic nitrogens is 2. The van der Waals surface area contributed by atoms with Crippen LogP contribution in [0.25, 0.3) is 11.1 Å². The Balaban J connectivity index is 1.80. The lowest BCUT2D eigenvalue weighted by Crippen LogP contribution is -2.10. The molecule has 0 spiro atoms. The molecule has 0 N–H and O–H groups in total. The molecule has 4 rings (SSSR count). The van der Waals surface area contributed by atoms with Gasteiger partial charge in [0.05, 0.1) is 5.56 Å². The molecule has 0 saturated heterocycles. The van der Waals surface area contributed by atoms with E-state index in [2.05, 4.69) is 9.97 Å². The summed E-state index contributed by atoms with van der Waals surface area (Å²) in [6.45, 7) is 0. The van der Waals surface area contributed by atoms with E-state index >= 15 is 0 Å². The molecule has 0 aliphatic carbocycles. The van der Waals surface area contributed by atoms with Crippen LogP contribution in [0.5, 0.6) is 0 Å². The van der Waals surface area contributed by atoms with Gasteiger partial charge in [-0.1, -0.05) is 30.3 Å². The maximum Gasteiger partial charge on any atom is 0.416 e. The van der Waals surface area contributed by atoms with Gasteiger partial charge in [0.15, 0.2) is 0 Å². The molecule has 6 heteroatoms. The zero-order valence-corrected chi connectivity index (χ0v) is 16.4. The average Bonchev–Trinajstić information content (AvgIpc) is 2.79. The Morgan fingerprint density at radius 2 is 1.42 bits per heavy atom. The average molecular weight is 422 g/mol. The van der Waals surface area contributed by atoms with Gasteiger partial charge in [-0.05, 0) is 71.6 Å². The summed E-state index contributed by atoms with van der Waals surface area (Å²) in [5.41, 5.74) is 2.22. The van der Waals surface area contributed by atoms with E-state index in [0.717, 1.165) is 23.5 Å². The van der Waals surface area contributed by atoms with Crippen LogP contribution < -0.4 is 0 Å². The second-order valence-corrected chi connectivity index (χ2v) is 7.15. The molecule has 2 nitrogen and oxygen atoms in total. The molecule has 0 amide bonds. The quantitative estimate of drug-likeness (QED) is 0.336. The van der Waals surface area contributed by atoms with Gasteiger partial charge in [-0.15, -0.1) is 0 Å². The minimum absolute atomic E-state index is 0.239. The van der Waals surface area contributed by atoms with Crippen molar-refractivity contribution in [1.82, 2.24) is 9.97 Å². The number of rotatable bonds is 5. The van der Waals surface area contributed by atoms with E-state index in [1.807, 2.05) is 36.4 Å². The Morgan fingerprint density at radius 3 is 2.00 bits per heavy atom. The minimum atomic E-state index is -4.48. The van der Waals surface area contributed by atoms with Crippen LogP contribution in [0, 0.1) is 5.82 Å². The number of pyridine rings is 2. The lowest BCUT2D eigenvalue weighted by Gasteiger charge is -2.19. The summed E-state index contributed by atoms with van der Waals surface area (Å²) in [4.78, 5) is 8.91. The van der Waals surface area contributed by atoms with Crippen LogP contribution in [0.1, 0.15) is 28.4 Å². The Hall–Kier alpha value is -3.54. The van der Waals surface area contributed by atoms with Crippen molar-refractivity contribution in [3.63, 3.8) is 0 Å². The lowest BCUT2D eigenvalue weighted by molar-refractivity contribution is -0.137. The Bertz CT molecular complexity index is 1120. The van der Waals surface area contributed by atoms with E-state index in [4.69, 9.17) is 0 Å². The summed E-state index contributed by atoms with van der Waals surface area (Å²) < 4.78 is 53.8. The normalized spacial score (nSPS) is 11.6. The van der Waals surface area contributed by atoms with Crippen LogP contribution in [0.3, 0.4) is 0 Å². The SMILES string of the molecule is Fc1ccc(CC(c2ccccn2)c2ccccn2)c(-c2cccc(C(F)(F)F)c2)c1. The van der Waals surface area contributed by atoms with Gasteiger partial charge >= 0.3 is 6.18 Å². The molecule has 31 heavy (non-hydrogen) atoms. The van der Waals surface area contributed by atoms with E-state index in [9.17, 15) is 17.6 Å². The highest BCUT2D eigenvalue weighted by Crippen LogP contribution is 2.35. The van der Waals surface area contributed by atoms with Gasteiger partial charge in [0.2, 0.25) is 0 Å². The minimum Gasteiger partial charge on any atom is -0.261 e. The molecule has 156 valence electrons. The predicted octanol–water partition coefficient (Wildman–Crippen LogP) is 6.68. The van der Waals surface area contributed by atoms with E-state index < -0.39 is 17.6 Å². The number of hydrogen-bond donors (Lipinski definition) is 0. The third-order valence-electron chi connectivity index (χ3n) is 5.09. The second kappa shape index (κ2) is 8.68. The number of hydrogen-bond acceptors (Lipinski definition) is 2. The molecule has 2 aromatic heterocycles. The molecule has 0 bridgehead atoms. The lowest BCUT2D eigenvalue weighted by atomic mass is 9.87. The maximum absolute atomic E-state index is 14.1. The van der Waals surface area contributed by atoms with Crippen molar-refractivity contribution >= 4 is 0 Å². The van der Waals surface area contributed by atoms with E-state index in [0.29, 0.717) is 23.1 Å². The summed E-state index contributed by atoms with van der Waals surface area (Å²) in [6.07, 6.45) is -0.707. The number of nitrogens with zero attached hydrogens (tertiary/aromatic N) is 2. The standard InChI is InChI=1S/C25H18F4N2/c26-20-11-10-18(21(16-20)17-6-5-7-19(14-17)25(27,28)29)15-22(23-8-1-3-12-30-23)24-9-2-4-13-31-24/h1-14,16,22H,15H2. The van der Waals surface area contributed by atoms with Crippen molar-refractivity contribution in [3.05, 3.63) is 120 Å². The Morgan fingerprint density at radius 1 is 0.742 bits per heavy atom. The third-order valence-corrected chi connectivity index (χ3v) is 5.09. The van der Waals surface area contributed by atoms with Crippen molar-refractivity contribution < 1.29 is 17.6 Å². The number of benzene rings is 2. The van der Waals surface area contributed by atoms with Crippen molar-refractivity contribution in [1.29, 1.82) is 0 Å². The topological polar surface area (TPSA) is 25.8 Å². The first-order valence-electron chi connectivity index (χ1n) is 9.70. The second-order valence-electron chi connectivity index (χ2n) is 7.15. The van der Waals surface area contributed by atoms with Gasteiger partial charge in [0, 0.05) is 29.7 Å². The van der Waals surface area contributed by atoms with Crippen molar-refractivity contribution in [3.8, 4) is 11.1 Å². The van der Waals surface area contributed by atoms with Crippen LogP contribution in [0.15, 0.2) is 91.3 Å². The molecule has 4 aromatic rings. The van der Waals surface area contributed by atoms with Crippen molar-refractivity contribution in [2.75, 3.05) is 0 Å². The number of alkyl halides is 3. The summed E-state index contributed by atoms with van der Waals surface area (Å²) in [7, 11) is 0. The van der Waals surface area contributed by atoms with Gasteiger partial charge in [0.25, 0.3) is 0 Å². The fourth-order valence-corrected chi connectivity index (χ4v) is 3.60. The molecule has 0 aliphatic rings. The highest BCUT2D eigenvalue weighted by molar-refractivity contribution is 5.68. The van der Waals surface area contributed by atoms with Crippen LogP contribution in [0.2, 0.25) is 0 Å². The molecular weight excluding hydrogens is 404 g/mol. The molecule has 0 aliphatic heterocycles. The molecular formula is C25H18F4N2. The van der Waals surface area contributed by atoms with Crippen LogP contribution >= 0.6 is 0 Å². The van der Waals surface area contributed by atoms with Crippen LogP contribution in [-0.4, -0.2) is 9.97 Å². The zero-order chi connectivity index (χ0) is 21.8. The highest BCUT2D eigenvalue weighted by Gasteiger charge is 2.30. The summed E-state index contributed by atoms with van der Waals surface area (Å²) in [5.74, 6) is -0.749. The smallest absolute Gasteiger partial charge is 0.261 e. The first kappa shape index (κ1) is 20.7. The van der Waals surface area contributed by atoms with E-state index in [-0.39, 0.29) is 5.92 Å². The molecule has 0 atom stereocenters. The largest absolute Gasteiger partial charge is 0.416 e.